The third kappa shape index (κ3) is 8.00. The number of rotatable bonds is 10. The van der Waals surface area contributed by atoms with Crippen LogP contribution in [0, 0.1) is 10.1 Å². The highest BCUT2D eigenvalue weighted by atomic mass is 79.9. The highest BCUT2D eigenvalue weighted by molar-refractivity contribution is 9.10. The Bertz CT molecular complexity index is 1200. The van der Waals surface area contributed by atoms with Crippen LogP contribution in [-0.2, 0) is 9.73 Å². The summed E-state index contributed by atoms with van der Waals surface area (Å²) in [4.78, 5) is 31.1. The summed E-state index contributed by atoms with van der Waals surface area (Å²) in [5.41, 5.74) is -0.207. The van der Waals surface area contributed by atoms with Crippen molar-refractivity contribution < 1.29 is 18.7 Å². The van der Waals surface area contributed by atoms with Gasteiger partial charge in [-0.2, -0.15) is 4.98 Å². The number of hydrogen-bond donors (Lipinski definition) is 2. The van der Waals surface area contributed by atoms with Gasteiger partial charge in [0.25, 0.3) is 5.69 Å². The van der Waals surface area contributed by atoms with Gasteiger partial charge in [-0.25, -0.2) is 14.0 Å². The van der Waals surface area contributed by atoms with Crippen LogP contribution in [0.4, 0.5) is 16.3 Å². The summed E-state index contributed by atoms with van der Waals surface area (Å²) in [7, 11) is -3.20. The van der Waals surface area contributed by atoms with Crippen LogP contribution in [-0.4, -0.2) is 50.6 Å². The zero-order valence-corrected chi connectivity index (χ0v) is 22.2. The predicted molar refractivity (Wildman–Crippen MR) is 137 cm³/mol. The molecular formula is C21H26BrClN6O5S. The van der Waals surface area contributed by atoms with E-state index >= 15 is 0 Å². The van der Waals surface area contributed by atoms with Gasteiger partial charge in [0.2, 0.25) is 5.28 Å². The van der Waals surface area contributed by atoms with E-state index in [0.29, 0.717) is 29.7 Å². The molecule has 1 aliphatic rings. The molecule has 0 bridgehead atoms. The Balaban J connectivity index is 1.64. The molecular weight excluding hydrogens is 564 g/mol. The summed E-state index contributed by atoms with van der Waals surface area (Å²) < 4.78 is 23.6. The number of anilines is 1. The largest absolute Gasteiger partial charge is 0.492 e. The minimum atomic E-state index is -3.20. The van der Waals surface area contributed by atoms with Crippen LogP contribution in [0.15, 0.2) is 38.1 Å². The lowest BCUT2D eigenvalue weighted by molar-refractivity contribution is -0.385. The van der Waals surface area contributed by atoms with Crippen molar-refractivity contribution in [1.29, 1.82) is 0 Å². The fraction of sp³-hybridized carbons (Fsp3) is 0.476. The zero-order valence-electron chi connectivity index (χ0n) is 19.0. The lowest BCUT2D eigenvalue weighted by atomic mass is 10.3. The molecule has 0 aliphatic heterocycles. The Kier molecular flexibility index (Phi) is 9.63. The Morgan fingerprint density at radius 2 is 2.11 bits per heavy atom. The second kappa shape index (κ2) is 12.5. The number of carbonyl (C=O) groups is 1. The second-order valence-electron chi connectivity index (χ2n) is 8.03. The molecule has 35 heavy (non-hydrogen) atoms. The first kappa shape index (κ1) is 27.1. The molecule has 11 nitrogen and oxygen atoms in total. The summed E-state index contributed by atoms with van der Waals surface area (Å²) >= 11 is 9.14. The van der Waals surface area contributed by atoms with Gasteiger partial charge in [0.05, 0.1) is 36.7 Å². The van der Waals surface area contributed by atoms with Crippen molar-refractivity contribution in [3.05, 3.63) is 44.3 Å². The van der Waals surface area contributed by atoms with Crippen molar-refractivity contribution in [2.45, 2.75) is 49.5 Å². The average molecular weight is 590 g/mol. The molecule has 14 heteroatoms. The molecule has 2 aromatic rings. The second-order valence-corrected chi connectivity index (χ2v) is 11.5. The van der Waals surface area contributed by atoms with E-state index in [0.717, 1.165) is 25.7 Å². The van der Waals surface area contributed by atoms with E-state index in [4.69, 9.17) is 16.3 Å². The molecule has 1 atom stereocenters. The number of nitro benzene ring substituents is 1. The molecule has 1 aliphatic carbocycles. The lowest BCUT2D eigenvalue weighted by Gasteiger charge is -2.14. The van der Waals surface area contributed by atoms with Gasteiger partial charge < -0.3 is 15.4 Å². The fourth-order valence-corrected chi connectivity index (χ4v) is 5.34. The maximum atomic E-state index is 13.3. The van der Waals surface area contributed by atoms with Crippen LogP contribution >= 0.6 is 27.5 Å². The van der Waals surface area contributed by atoms with Crippen molar-refractivity contribution in [2.24, 2.45) is 4.36 Å². The Morgan fingerprint density at radius 3 is 2.83 bits per heavy atom. The molecule has 190 valence electrons. The van der Waals surface area contributed by atoms with Crippen LogP contribution in [0.3, 0.4) is 0 Å². The van der Waals surface area contributed by atoms with Crippen molar-refractivity contribution in [1.82, 2.24) is 15.3 Å². The summed E-state index contributed by atoms with van der Waals surface area (Å²) in [6, 6.07) is 3.14. The van der Waals surface area contributed by atoms with E-state index in [2.05, 4.69) is 40.9 Å². The van der Waals surface area contributed by atoms with Crippen LogP contribution in [0.25, 0.3) is 0 Å². The number of aromatic nitrogens is 2. The maximum Gasteiger partial charge on any atom is 0.349 e. The van der Waals surface area contributed by atoms with E-state index in [1.807, 2.05) is 0 Å². The predicted octanol–water partition coefficient (Wildman–Crippen LogP) is 5.18. The number of halogens is 2. The third-order valence-corrected chi connectivity index (χ3v) is 7.75. The van der Waals surface area contributed by atoms with E-state index in [-0.39, 0.29) is 34.3 Å². The van der Waals surface area contributed by atoms with Gasteiger partial charge in [0, 0.05) is 31.1 Å². The zero-order chi connectivity index (χ0) is 25.4. The molecule has 1 heterocycles. The fourth-order valence-electron chi connectivity index (χ4n) is 3.60. The topological polar surface area (TPSA) is 149 Å². The molecule has 1 aromatic carbocycles. The molecule has 0 radical (unpaired) electrons. The van der Waals surface area contributed by atoms with Crippen molar-refractivity contribution in [2.75, 3.05) is 24.7 Å². The molecule has 1 fully saturated rings. The Labute approximate surface area is 216 Å². The number of unbranched alkanes of at least 4 members (excludes halogenated alkanes) is 1. The first-order valence-electron chi connectivity index (χ1n) is 11.0. The quantitative estimate of drug-likeness (QED) is 0.167. The average Bonchev–Trinajstić information content (AvgIpc) is 3.30. The van der Waals surface area contributed by atoms with Gasteiger partial charge in [-0.15, -0.1) is 4.36 Å². The number of urea groups is 1. The number of nitrogens with one attached hydrogen (secondary N) is 2. The van der Waals surface area contributed by atoms with Gasteiger partial charge in [0.1, 0.15) is 11.6 Å². The molecule has 1 unspecified atom stereocenters. The number of ether oxygens (including phenoxy) is 1. The van der Waals surface area contributed by atoms with Crippen LogP contribution < -0.4 is 15.4 Å². The number of carbonyl (C=O) groups excluding carboxylic acids is 1. The summed E-state index contributed by atoms with van der Waals surface area (Å²) in [5.74, 6) is 0.637. The highest BCUT2D eigenvalue weighted by Gasteiger charge is 2.21. The van der Waals surface area contributed by atoms with E-state index in [9.17, 15) is 19.1 Å². The van der Waals surface area contributed by atoms with Gasteiger partial charge in [-0.1, -0.05) is 12.8 Å². The standard InChI is InChI=1S/C21H26BrClN6O5S/c1-35(33,28-21(30)26-14-6-2-3-7-14)18-9-8-15(29(31)32)12-17(18)34-11-5-4-10-24-19-16(22)13-25-20(23)27-19/h8-9,12-14H,2-7,10-11H2,1H3,(H,26,30)(H,24,25,27). The number of benzene rings is 1. The summed E-state index contributed by atoms with van der Waals surface area (Å²) in [6.07, 6.45) is 7.96. The smallest absolute Gasteiger partial charge is 0.349 e. The molecule has 2 N–H and O–H groups in total. The minimum Gasteiger partial charge on any atom is -0.492 e. The Morgan fingerprint density at radius 1 is 1.37 bits per heavy atom. The molecule has 0 saturated heterocycles. The maximum absolute atomic E-state index is 13.3. The number of hydrogen-bond acceptors (Lipinski definition) is 8. The van der Waals surface area contributed by atoms with Gasteiger partial charge in [0.15, 0.2) is 0 Å². The highest BCUT2D eigenvalue weighted by Crippen LogP contribution is 2.30. The molecule has 0 spiro atoms. The van der Waals surface area contributed by atoms with E-state index in [1.165, 1.54) is 24.5 Å². The van der Waals surface area contributed by atoms with E-state index < -0.39 is 20.7 Å². The first-order valence-corrected chi connectivity index (χ1v) is 14.1. The number of amides is 2. The van der Waals surface area contributed by atoms with Crippen molar-refractivity contribution >= 4 is 54.8 Å². The van der Waals surface area contributed by atoms with Gasteiger partial charge in [-0.3, -0.25) is 10.1 Å². The number of non-ortho nitro benzene ring substituents is 1. The normalized spacial score (nSPS) is 15.3. The summed E-state index contributed by atoms with van der Waals surface area (Å²) in [5, 5.41) is 17.3. The molecule has 3 rings (SSSR count). The van der Waals surface area contributed by atoms with Crippen molar-refractivity contribution in [3.63, 3.8) is 0 Å². The van der Waals surface area contributed by atoms with Crippen LogP contribution in [0.2, 0.25) is 5.28 Å². The van der Waals surface area contributed by atoms with E-state index in [1.54, 1.807) is 6.20 Å². The minimum absolute atomic E-state index is 0.0293. The van der Waals surface area contributed by atoms with Crippen molar-refractivity contribution in [3.8, 4) is 5.75 Å². The van der Waals surface area contributed by atoms with Crippen LogP contribution in [0.1, 0.15) is 38.5 Å². The van der Waals surface area contributed by atoms with Gasteiger partial charge in [-0.05, 0) is 59.3 Å². The SMILES string of the molecule is CS(=O)(=NC(=O)NC1CCCC1)c1ccc([N+](=O)[O-])cc1OCCCCNc1nc(Cl)ncc1Br. The molecule has 1 aromatic heterocycles. The van der Waals surface area contributed by atoms with Crippen LogP contribution in [0.5, 0.6) is 5.75 Å². The monoisotopic (exact) mass is 588 g/mol. The Hall–Kier alpha value is -2.51. The first-order chi connectivity index (χ1) is 16.7. The third-order valence-electron chi connectivity index (χ3n) is 5.32. The molecule has 2 amide bonds. The summed E-state index contributed by atoms with van der Waals surface area (Å²) in [6.45, 7) is 0.781. The lowest BCUT2D eigenvalue weighted by Crippen LogP contribution is -2.30. The number of nitro groups is 1. The molecule has 1 saturated carbocycles. The van der Waals surface area contributed by atoms with Gasteiger partial charge >= 0.3 is 6.03 Å². The number of nitrogens with zero attached hydrogens (tertiary/aromatic N) is 4.